The molecule has 1 nitrogen and oxygen atoms in total. The van der Waals surface area contributed by atoms with Gasteiger partial charge in [-0.3, -0.25) is 0 Å². The van der Waals surface area contributed by atoms with E-state index in [1.807, 2.05) is 0 Å². The van der Waals surface area contributed by atoms with Gasteiger partial charge in [-0.05, 0) is 35.9 Å². The van der Waals surface area contributed by atoms with Crippen LogP contribution >= 0.6 is 23.4 Å². The van der Waals surface area contributed by atoms with Gasteiger partial charge in [0.1, 0.15) is 17.5 Å². The van der Waals surface area contributed by atoms with Crippen LogP contribution in [-0.2, 0) is 5.75 Å². The first-order valence-electron chi connectivity index (χ1n) is 5.28. The van der Waals surface area contributed by atoms with Gasteiger partial charge < -0.3 is 5.73 Å². The van der Waals surface area contributed by atoms with Gasteiger partial charge in [-0.25, -0.2) is 13.2 Å². The van der Waals surface area contributed by atoms with Crippen LogP contribution in [0.15, 0.2) is 35.2 Å². The van der Waals surface area contributed by atoms with E-state index in [0.717, 1.165) is 23.9 Å². The summed E-state index contributed by atoms with van der Waals surface area (Å²) in [5.74, 6) is -1.91. The van der Waals surface area contributed by atoms with Crippen LogP contribution in [0.4, 0.5) is 18.9 Å². The van der Waals surface area contributed by atoms with Crippen LogP contribution in [0.3, 0.4) is 0 Å². The summed E-state index contributed by atoms with van der Waals surface area (Å²) in [5.41, 5.74) is 5.61. The molecule has 0 aliphatic heterocycles. The zero-order chi connectivity index (χ0) is 14.0. The molecule has 0 fully saturated rings. The van der Waals surface area contributed by atoms with Crippen molar-refractivity contribution >= 4 is 29.1 Å². The van der Waals surface area contributed by atoms with E-state index in [9.17, 15) is 13.2 Å². The normalized spacial score (nSPS) is 10.7. The molecule has 0 bridgehead atoms. The number of benzene rings is 2. The lowest BCUT2D eigenvalue weighted by molar-refractivity contribution is 0.541. The van der Waals surface area contributed by atoms with Crippen LogP contribution < -0.4 is 5.73 Å². The van der Waals surface area contributed by atoms with Crippen molar-refractivity contribution < 1.29 is 13.2 Å². The number of thioether (sulfide) groups is 1. The highest BCUT2D eigenvalue weighted by Crippen LogP contribution is 2.31. The molecular weight excluding hydrogens is 295 g/mol. The predicted octanol–water partition coefficient (Wildman–Crippen LogP) is 4.63. The molecule has 0 unspecified atom stereocenters. The summed E-state index contributed by atoms with van der Waals surface area (Å²) in [7, 11) is 0. The Kier molecular flexibility index (Phi) is 4.27. The number of rotatable bonds is 3. The number of halogens is 4. The largest absolute Gasteiger partial charge is 0.399 e. The minimum atomic E-state index is -0.759. The molecule has 0 aliphatic carbocycles. The van der Waals surface area contributed by atoms with Gasteiger partial charge in [-0.1, -0.05) is 11.6 Å². The van der Waals surface area contributed by atoms with Gasteiger partial charge in [-0.2, -0.15) is 0 Å². The molecule has 0 aliphatic rings. The second-order valence-electron chi connectivity index (χ2n) is 3.84. The molecule has 0 saturated carbocycles. The fourth-order valence-corrected chi connectivity index (χ4v) is 2.63. The minimum Gasteiger partial charge on any atom is -0.399 e. The number of hydrogen-bond acceptors (Lipinski definition) is 2. The van der Waals surface area contributed by atoms with E-state index in [0.29, 0.717) is 5.02 Å². The Morgan fingerprint density at radius 2 is 1.63 bits per heavy atom. The average molecular weight is 304 g/mol. The number of anilines is 1. The molecular formula is C13H9ClF3NS. The molecule has 0 heterocycles. The average Bonchev–Trinajstić information content (AvgIpc) is 2.32. The van der Waals surface area contributed by atoms with E-state index in [4.69, 9.17) is 17.3 Å². The Morgan fingerprint density at radius 3 is 2.26 bits per heavy atom. The number of hydrogen-bond donors (Lipinski definition) is 1. The third-order valence-corrected chi connectivity index (χ3v) is 3.77. The molecule has 0 spiro atoms. The maximum Gasteiger partial charge on any atom is 0.141 e. The summed E-state index contributed by atoms with van der Waals surface area (Å²) in [4.78, 5) is -0.187. The van der Waals surface area contributed by atoms with E-state index in [2.05, 4.69) is 0 Å². The second-order valence-corrected chi connectivity index (χ2v) is 5.26. The summed E-state index contributed by atoms with van der Waals surface area (Å²) in [6.45, 7) is 0. The van der Waals surface area contributed by atoms with Gasteiger partial charge >= 0.3 is 0 Å². The maximum atomic E-state index is 13.5. The summed E-state index contributed by atoms with van der Waals surface area (Å²) in [6.07, 6.45) is 0. The van der Waals surface area contributed by atoms with E-state index in [1.54, 1.807) is 0 Å². The first kappa shape index (κ1) is 14.1. The quantitative estimate of drug-likeness (QED) is 0.661. The third kappa shape index (κ3) is 3.36. The molecule has 6 heteroatoms. The molecule has 0 aromatic heterocycles. The highest BCUT2D eigenvalue weighted by molar-refractivity contribution is 7.98. The molecule has 0 amide bonds. The first-order chi connectivity index (χ1) is 8.97. The number of nitrogen functional groups attached to an aromatic ring is 1. The van der Waals surface area contributed by atoms with Gasteiger partial charge in [0.15, 0.2) is 0 Å². The summed E-state index contributed by atoms with van der Waals surface area (Å²) in [6, 6.07) is 6.11. The fraction of sp³-hybridized carbons (Fsp3) is 0.0769. The summed E-state index contributed by atoms with van der Waals surface area (Å²) < 4.78 is 40.5. The Morgan fingerprint density at radius 1 is 1.00 bits per heavy atom. The van der Waals surface area contributed by atoms with Gasteiger partial charge in [-0.15, -0.1) is 11.8 Å². The van der Waals surface area contributed by atoms with Crippen LogP contribution in [0.2, 0.25) is 5.02 Å². The molecule has 2 aromatic carbocycles. The van der Waals surface area contributed by atoms with E-state index in [1.165, 1.54) is 18.2 Å². The highest BCUT2D eigenvalue weighted by atomic mass is 35.5. The van der Waals surface area contributed by atoms with Crippen LogP contribution in [0.1, 0.15) is 5.56 Å². The van der Waals surface area contributed by atoms with Gasteiger partial charge in [0.25, 0.3) is 0 Å². The smallest absolute Gasteiger partial charge is 0.141 e. The Bertz CT molecular complexity index is 596. The molecule has 0 atom stereocenters. The van der Waals surface area contributed by atoms with Crippen molar-refractivity contribution in [2.24, 2.45) is 0 Å². The van der Waals surface area contributed by atoms with Crippen molar-refractivity contribution in [1.82, 2.24) is 0 Å². The number of nitrogens with two attached hydrogens (primary N) is 1. The van der Waals surface area contributed by atoms with Gasteiger partial charge in [0.05, 0.1) is 4.90 Å². The predicted molar refractivity (Wildman–Crippen MR) is 71.7 cm³/mol. The monoisotopic (exact) mass is 303 g/mol. The van der Waals surface area contributed by atoms with Crippen LogP contribution in [-0.4, -0.2) is 0 Å². The van der Waals surface area contributed by atoms with Crippen molar-refractivity contribution in [3.8, 4) is 0 Å². The Labute approximate surface area is 117 Å². The van der Waals surface area contributed by atoms with Crippen molar-refractivity contribution in [3.05, 3.63) is 58.4 Å². The second kappa shape index (κ2) is 5.75. The van der Waals surface area contributed by atoms with Crippen molar-refractivity contribution in [2.45, 2.75) is 10.6 Å². The topological polar surface area (TPSA) is 26.0 Å². The lowest BCUT2D eigenvalue weighted by atomic mass is 10.2. The van der Waals surface area contributed by atoms with Gasteiger partial charge in [0, 0.05) is 16.5 Å². The van der Waals surface area contributed by atoms with E-state index >= 15 is 0 Å². The minimum absolute atomic E-state index is 0.00767. The highest BCUT2D eigenvalue weighted by Gasteiger charge is 2.12. The molecule has 19 heavy (non-hydrogen) atoms. The summed E-state index contributed by atoms with van der Waals surface area (Å²) >= 11 is 6.60. The molecule has 2 rings (SSSR count). The van der Waals surface area contributed by atoms with Crippen LogP contribution in [0, 0.1) is 17.5 Å². The SMILES string of the molecule is Nc1cc(F)c(SCc2cc(Cl)ccc2F)c(F)c1. The molecule has 0 radical (unpaired) electrons. The van der Waals surface area contributed by atoms with Gasteiger partial charge in [0.2, 0.25) is 0 Å². The van der Waals surface area contributed by atoms with Crippen molar-refractivity contribution in [3.63, 3.8) is 0 Å². The standard InChI is InChI=1S/C13H9ClF3NS/c14-8-1-2-10(15)7(3-8)6-19-13-11(16)4-9(18)5-12(13)17/h1-5H,6,18H2. The van der Waals surface area contributed by atoms with Crippen molar-refractivity contribution in [2.75, 3.05) is 5.73 Å². The van der Waals surface area contributed by atoms with Crippen LogP contribution in [0.5, 0.6) is 0 Å². The molecule has 0 saturated heterocycles. The zero-order valence-electron chi connectivity index (χ0n) is 9.59. The lowest BCUT2D eigenvalue weighted by Gasteiger charge is -2.07. The van der Waals surface area contributed by atoms with Crippen molar-refractivity contribution in [1.29, 1.82) is 0 Å². The first-order valence-corrected chi connectivity index (χ1v) is 6.65. The fourth-order valence-electron chi connectivity index (χ4n) is 1.52. The Balaban J connectivity index is 2.21. The molecule has 2 N–H and O–H groups in total. The molecule has 2 aromatic rings. The Hall–Kier alpha value is -1.33. The third-order valence-electron chi connectivity index (χ3n) is 2.40. The van der Waals surface area contributed by atoms with Crippen LogP contribution in [0.25, 0.3) is 0 Å². The summed E-state index contributed by atoms with van der Waals surface area (Å²) in [5, 5.41) is 0.371. The lowest BCUT2D eigenvalue weighted by Crippen LogP contribution is -1.94. The zero-order valence-corrected chi connectivity index (χ0v) is 11.2. The van der Waals surface area contributed by atoms with E-state index in [-0.39, 0.29) is 21.9 Å². The maximum absolute atomic E-state index is 13.5. The van der Waals surface area contributed by atoms with E-state index < -0.39 is 17.5 Å². The molecule has 100 valence electrons.